The van der Waals surface area contributed by atoms with Gasteiger partial charge >= 0.3 is 6.18 Å². The number of halogens is 7. The molecule has 4 aromatic rings. The fraction of sp³-hybridized carbons (Fsp3) is 0.100. The van der Waals surface area contributed by atoms with E-state index < -0.39 is 23.4 Å². The van der Waals surface area contributed by atoms with Crippen LogP contribution in [0.4, 0.5) is 22.0 Å². The highest BCUT2D eigenvalue weighted by Crippen LogP contribution is 2.42. The van der Waals surface area contributed by atoms with Gasteiger partial charge in [-0.3, -0.25) is 0 Å². The summed E-state index contributed by atoms with van der Waals surface area (Å²) in [6, 6.07) is 7.95. The zero-order chi connectivity index (χ0) is 22.5. The predicted molar refractivity (Wildman–Crippen MR) is 110 cm³/mol. The molecule has 0 radical (unpaired) electrons. The molecule has 0 unspecified atom stereocenters. The molecule has 0 amide bonds. The van der Waals surface area contributed by atoms with Crippen LogP contribution < -0.4 is 0 Å². The first-order chi connectivity index (χ1) is 14.6. The van der Waals surface area contributed by atoms with Crippen LogP contribution in [0.3, 0.4) is 0 Å². The minimum atomic E-state index is -4.65. The molecule has 0 atom stereocenters. The molecule has 0 aliphatic rings. The Balaban J connectivity index is 1.77. The Labute approximate surface area is 186 Å². The van der Waals surface area contributed by atoms with Crippen LogP contribution in [0.5, 0.6) is 0 Å². The van der Waals surface area contributed by atoms with Crippen molar-refractivity contribution < 1.29 is 22.0 Å². The summed E-state index contributed by atoms with van der Waals surface area (Å²) in [6.45, 7) is 0. The summed E-state index contributed by atoms with van der Waals surface area (Å²) in [5.41, 5.74) is -0.733. The third kappa shape index (κ3) is 4.05. The van der Waals surface area contributed by atoms with Gasteiger partial charge in [0, 0.05) is 23.1 Å². The number of alkyl halides is 3. The lowest BCUT2D eigenvalue weighted by Crippen LogP contribution is -2.05. The van der Waals surface area contributed by atoms with Crippen LogP contribution in [0.1, 0.15) is 5.56 Å². The van der Waals surface area contributed by atoms with Crippen molar-refractivity contribution in [3.63, 3.8) is 0 Å². The number of nitrogens with zero attached hydrogens (tertiary/aromatic N) is 3. The highest BCUT2D eigenvalue weighted by atomic mass is 35.5. The molecule has 160 valence electrons. The number of rotatable bonds is 3. The van der Waals surface area contributed by atoms with Crippen LogP contribution in [0.2, 0.25) is 9.36 Å². The Kier molecular flexibility index (Phi) is 5.53. The number of aryl methyl sites for hydroxylation is 1. The van der Waals surface area contributed by atoms with Gasteiger partial charge in [0.1, 0.15) is 16.0 Å². The second-order valence-corrected chi connectivity index (χ2v) is 8.53. The van der Waals surface area contributed by atoms with Gasteiger partial charge < -0.3 is 0 Å². The zero-order valence-electron chi connectivity index (χ0n) is 15.4. The lowest BCUT2D eigenvalue weighted by atomic mass is 10.1. The molecular weight excluding hydrogens is 480 g/mol. The topological polar surface area (TPSA) is 30.7 Å². The fourth-order valence-electron chi connectivity index (χ4n) is 2.98. The molecule has 0 fully saturated rings. The van der Waals surface area contributed by atoms with Gasteiger partial charge in [0.2, 0.25) is 0 Å². The van der Waals surface area contributed by atoms with Gasteiger partial charge in [0.25, 0.3) is 0 Å². The Morgan fingerprint density at radius 3 is 2.35 bits per heavy atom. The maximum atomic E-state index is 14.4. The first-order valence-corrected chi connectivity index (χ1v) is 10.2. The smallest absolute Gasteiger partial charge is 0.248 e. The zero-order valence-corrected chi connectivity index (χ0v) is 17.8. The molecule has 0 aliphatic carbocycles. The van der Waals surface area contributed by atoms with Crippen molar-refractivity contribution in [2.75, 3.05) is 0 Å². The number of hydrogen-bond donors (Lipinski definition) is 0. The molecule has 31 heavy (non-hydrogen) atoms. The first-order valence-electron chi connectivity index (χ1n) is 8.58. The third-order valence-electron chi connectivity index (χ3n) is 4.44. The van der Waals surface area contributed by atoms with E-state index >= 15 is 0 Å². The summed E-state index contributed by atoms with van der Waals surface area (Å²) >= 11 is 13.4. The Hall–Kier alpha value is -2.49. The van der Waals surface area contributed by atoms with E-state index in [1.807, 2.05) is 0 Å². The molecule has 0 saturated carbocycles. The molecule has 0 aliphatic heterocycles. The number of hydrogen-bond acceptors (Lipinski definition) is 3. The van der Waals surface area contributed by atoms with E-state index in [9.17, 15) is 22.0 Å². The van der Waals surface area contributed by atoms with Crippen LogP contribution in [0, 0.1) is 11.6 Å². The largest absolute Gasteiger partial charge is 0.416 e. The Morgan fingerprint density at radius 1 is 0.968 bits per heavy atom. The van der Waals surface area contributed by atoms with Crippen molar-refractivity contribution >= 4 is 34.5 Å². The molecule has 0 spiro atoms. The van der Waals surface area contributed by atoms with Crippen LogP contribution in [-0.4, -0.2) is 14.8 Å². The quantitative estimate of drug-likeness (QED) is 0.279. The number of thiophene rings is 1. The van der Waals surface area contributed by atoms with Crippen LogP contribution >= 0.6 is 34.5 Å². The van der Waals surface area contributed by atoms with Crippen molar-refractivity contribution in [2.45, 2.75) is 6.18 Å². The molecule has 2 aromatic carbocycles. The summed E-state index contributed by atoms with van der Waals surface area (Å²) in [7, 11) is 1.56. The maximum absolute atomic E-state index is 14.4. The summed E-state index contributed by atoms with van der Waals surface area (Å²) in [5, 5.41) is 4.31. The van der Waals surface area contributed by atoms with E-state index in [0.29, 0.717) is 16.5 Å². The average Bonchev–Trinajstić information content (AvgIpc) is 3.23. The van der Waals surface area contributed by atoms with Gasteiger partial charge in [0.05, 0.1) is 16.1 Å². The molecule has 4 rings (SSSR count). The van der Waals surface area contributed by atoms with E-state index in [1.165, 1.54) is 28.9 Å². The van der Waals surface area contributed by atoms with Gasteiger partial charge in [0.15, 0.2) is 11.6 Å². The molecule has 3 nitrogen and oxygen atoms in total. The predicted octanol–water partition coefficient (Wildman–Crippen LogP) is 7.48. The summed E-state index contributed by atoms with van der Waals surface area (Å²) < 4.78 is 68.6. The highest BCUT2D eigenvalue weighted by Gasteiger charge is 2.31. The molecule has 0 N–H and O–H groups in total. The van der Waals surface area contributed by atoms with Crippen molar-refractivity contribution in [3.05, 3.63) is 69.0 Å². The molecular formula is C20H10Cl2F5N3S. The van der Waals surface area contributed by atoms with Crippen LogP contribution in [0.25, 0.3) is 33.2 Å². The van der Waals surface area contributed by atoms with Crippen LogP contribution in [0.15, 0.2) is 42.5 Å². The lowest BCUT2D eigenvalue weighted by Gasteiger charge is -2.08. The lowest BCUT2D eigenvalue weighted by molar-refractivity contribution is -0.137. The Morgan fingerprint density at radius 2 is 1.71 bits per heavy atom. The van der Waals surface area contributed by atoms with Crippen LogP contribution in [-0.2, 0) is 13.2 Å². The van der Waals surface area contributed by atoms with Gasteiger partial charge in [-0.25, -0.2) is 18.4 Å². The van der Waals surface area contributed by atoms with Gasteiger partial charge in [-0.2, -0.15) is 18.3 Å². The van der Waals surface area contributed by atoms with E-state index in [1.54, 1.807) is 7.05 Å². The second-order valence-electron chi connectivity index (χ2n) is 6.47. The van der Waals surface area contributed by atoms with Crippen molar-refractivity contribution in [3.8, 4) is 33.2 Å². The average molecular weight is 490 g/mol. The summed E-state index contributed by atoms with van der Waals surface area (Å²) in [5.74, 6) is -1.34. The minimum Gasteiger partial charge on any atom is -0.248 e. The maximum Gasteiger partial charge on any atom is 0.416 e. The minimum absolute atomic E-state index is 0.0198. The molecule has 0 bridgehead atoms. The second kappa shape index (κ2) is 7.89. The summed E-state index contributed by atoms with van der Waals surface area (Å²) in [6.07, 6.45) is -4.65. The standard InChI is InChI=1S/C20H10Cl2F5N3S/c1-30-19(28-18(29-30)16-12(21)3-2-4-13(16)23)11-8-15(31-17(11)22)10-6-5-9(7-14(10)24)20(25,26)27/h2-8H,1H3. The van der Waals surface area contributed by atoms with E-state index in [-0.39, 0.29) is 32.1 Å². The van der Waals surface area contributed by atoms with Gasteiger partial charge in [-0.15, -0.1) is 11.3 Å². The third-order valence-corrected chi connectivity index (χ3v) is 6.15. The molecule has 2 heterocycles. The SMILES string of the molecule is Cn1nc(-c2c(F)cccc2Cl)nc1-c1cc(-c2ccc(C(F)(F)F)cc2F)sc1Cl. The first kappa shape index (κ1) is 21.7. The van der Waals surface area contributed by atoms with E-state index in [2.05, 4.69) is 10.1 Å². The molecule has 0 saturated heterocycles. The number of aromatic nitrogens is 3. The Bertz CT molecular complexity index is 1280. The van der Waals surface area contributed by atoms with Crippen molar-refractivity contribution in [1.82, 2.24) is 14.8 Å². The fourth-order valence-corrected chi connectivity index (χ4v) is 4.52. The van der Waals surface area contributed by atoms with E-state index in [0.717, 1.165) is 23.5 Å². The van der Waals surface area contributed by atoms with Gasteiger partial charge in [-0.05, 0) is 30.3 Å². The molecule has 11 heteroatoms. The normalized spacial score (nSPS) is 11.9. The van der Waals surface area contributed by atoms with Crippen molar-refractivity contribution in [2.24, 2.45) is 7.05 Å². The monoisotopic (exact) mass is 489 g/mol. The summed E-state index contributed by atoms with van der Waals surface area (Å²) in [4.78, 5) is 4.62. The highest BCUT2D eigenvalue weighted by molar-refractivity contribution is 7.20. The van der Waals surface area contributed by atoms with E-state index in [4.69, 9.17) is 23.2 Å². The van der Waals surface area contributed by atoms with Gasteiger partial charge in [-0.1, -0.05) is 35.3 Å². The molecule has 2 aromatic heterocycles. The van der Waals surface area contributed by atoms with Crippen molar-refractivity contribution in [1.29, 1.82) is 0 Å². The number of benzene rings is 2.